The molecular formula is C14H10ClFN2O. The number of rotatable bonds is 3. The summed E-state index contributed by atoms with van der Waals surface area (Å²) in [4.78, 5) is 8.07. The van der Waals surface area contributed by atoms with E-state index in [4.69, 9.17) is 16.3 Å². The summed E-state index contributed by atoms with van der Waals surface area (Å²) in [6.45, 7) is 0.196. The van der Waals surface area contributed by atoms with Crippen molar-refractivity contribution in [3.05, 3.63) is 53.9 Å². The highest BCUT2D eigenvalue weighted by Gasteiger charge is 2.04. The minimum atomic E-state index is -0.373. The van der Waals surface area contributed by atoms with Crippen LogP contribution in [0.25, 0.3) is 0 Å². The molecule has 96 valence electrons. The van der Waals surface area contributed by atoms with Crippen LogP contribution in [-0.4, -0.2) is 15.8 Å². The topological polar surface area (TPSA) is 35.0 Å². The zero-order chi connectivity index (χ0) is 13.5. The van der Waals surface area contributed by atoms with Crippen molar-refractivity contribution in [3.63, 3.8) is 0 Å². The predicted molar refractivity (Wildman–Crippen MR) is 70.4 cm³/mol. The fraction of sp³-hybridized carbons (Fsp3) is 0.143. The van der Waals surface area contributed by atoms with Gasteiger partial charge in [0.15, 0.2) is 5.82 Å². The van der Waals surface area contributed by atoms with E-state index in [9.17, 15) is 4.39 Å². The average molecular weight is 277 g/mol. The summed E-state index contributed by atoms with van der Waals surface area (Å²) >= 11 is 5.49. The molecule has 5 heteroatoms. The Bertz CT molecular complexity index is 608. The van der Waals surface area contributed by atoms with Crippen LogP contribution < -0.4 is 4.74 Å². The van der Waals surface area contributed by atoms with Gasteiger partial charge in [0.25, 0.3) is 0 Å². The van der Waals surface area contributed by atoms with Crippen molar-refractivity contribution in [2.45, 2.75) is 6.61 Å². The summed E-state index contributed by atoms with van der Waals surface area (Å²) in [7, 11) is 0. The number of alkyl halides is 1. The lowest BCUT2D eigenvalue weighted by Gasteiger charge is -2.07. The fourth-order valence-electron chi connectivity index (χ4n) is 1.40. The van der Waals surface area contributed by atoms with Crippen molar-refractivity contribution in [1.29, 1.82) is 0 Å². The molecule has 0 spiro atoms. The first-order valence-corrected chi connectivity index (χ1v) is 6.06. The molecule has 0 fully saturated rings. The van der Waals surface area contributed by atoms with Crippen LogP contribution in [0.5, 0.6) is 5.75 Å². The van der Waals surface area contributed by atoms with Crippen molar-refractivity contribution in [3.8, 4) is 17.6 Å². The van der Waals surface area contributed by atoms with E-state index >= 15 is 0 Å². The Hall–Kier alpha value is -2.12. The molecule has 0 saturated carbocycles. The Morgan fingerprint density at radius 1 is 1.26 bits per heavy atom. The molecule has 2 aromatic rings. The van der Waals surface area contributed by atoms with Crippen molar-refractivity contribution in [1.82, 2.24) is 9.97 Å². The molecule has 0 saturated heterocycles. The van der Waals surface area contributed by atoms with E-state index < -0.39 is 0 Å². The van der Waals surface area contributed by atoms with Crippen LogP contribution >= 0.6 is 11.6 Å². The summed E-state index contributed by atoms with van der Waals surface area (Å²) in [5.74, 6) is 6.25. The lowest BCUT2D eigenvalue weighted by molar-refractivity contribution is 0.294. The number of nitrogens with zero attached hydrogens (tertiary/aromatic N) is 2. The SMILES string of the molecule is Fc1ccc(OCc2ncccn2)c(C#CCCl)c1. The van der Waals surface area contributed by atoms with E-state index in [1.807, 2.05) is 0 Å². The molecule has 0 aliphatic heterocycles. The Labute approximate surface area is 115 Å². The smallest absolute Gasteiger partial charge is 0.166 e. The van der Waals surface area contributed by atoms with E-state index in [-0.39, 0.29) is 18.3 Å². The van der Waals surface area contributed by atoms with Gasteiger partial charge in [-0.1, -0.05) is 11.8 Å². The monoisotopic (exact) mass is 276 g/mol. The molecule has 2 rings (SSSR count). The van der Waals surface area contributed by atoms with E-state index in [2.05, 4.69) is 21.8 Å². The van der Waals surface area contributed by atoms with Crippen molar-refractivity contribution >= 4 is 11.6 Å². The van der Waals surface area contributed by atoms with Crippen LogP contribution in [0.2, 0.25) is 0 Å². The van der Waals surface area contributed by atoms with E-state index in [0.29, 0.717) is 17.1 Å². The second-order valence-electron chi connectivity index (χ2n) is 3.53. The first-order chi connectivity index (χ1) is 9.29. The Morgan fingerprint density at radius 2 is 2.05 bits per heavy atom. The van der Waals surface area contributed by atoms with Crippen LogP contribution in [0, 0.1) is 17.7 Å². The second-order valence-corrected chi connectivity index (χ2v) is 3.80. The molecular weight excluding hydrogens is 267 g/mol. The van der Waals surface area contributed by atoms with E-state index in [0.717, 1.165) is 0 Å². The first-order valence-electron chi connectivity index (χ1n) is 5.52. The molecule has 0 aliphatic rings. The van der Waals surface area contributed by atoms with Gasteiger partial charge >= 0.3 is 0 Å². The maximum atomic E-state index is 13.2. The average Bonchev–Trinajstić information content (AvgIpc) is 2.45. The van der Waals surface area contributed by atoms with Crippen LogP contribution in [-0.2, 0) is 6.61 Å². The number of benzene rings is 1. The van der Waals surface area contributed by atoms with Gasteiger partial charge in [-0.25, -0.2) is 14.4 Å². The molecule has 0 radical (unpaired) electrons. The Balaban J connectivity index is 2.15. The van der Waals surface area contributed by atoms with Gasteiger partial charge in [-0.15, -0.1) is 11.6 Å². The van der Waals surface area contributed by atoms with Crippen LogP contribution in [0.4, 0.5) is 4.39 Å². The summed E-state index contributed by atoms with van der Waals surface area (Å²) < 4.78 is 18.7. The fourth-order valence-corrected chi connectivity index (χ4v) is 1.47. The maximum absolute atomic E-state index is 13.2. The Morgan fingerprint density at radius 3 is 2.79 bits per heavy atom. The van der Waals surface area contributed by atoms with Gasteiger partial charge in [0.2, 0.25) is 0 Å². The molecule has 0 amide bonds. The summed E-state index contributed by atoms with van der Waals surface area (Å²) in [6, 6.07) is 5.86. The number of hydrogen-bond donors (Lipinski definition) is 0. The molecule has 1 aromatic carbocycles. The highest BCUT2D eigenvalue weighted by Crippen LogP contribution is 2.19. The molecule has 3 nitrogen and oxygen atoms in total. The lowest BCUT2D eigenvalue weighted by atomic mass is 10.2. The third-order valence-electron chi connectivity index (χ3n) is 2.21. The maximum Gasteiger partial charge on any atom is 0.166 e. The number of hydrogen-bond acceptors (Lipinski definition) is 3. The van der Waals surface area contributed by atoms with Gasteiger partial charge in [-0.3, -0.25) is 0 Å². The third kappa shape index (κ3) is 3.94. The molecule has 0 N–H and O–H groups in total. The summed E-state index contributed by atoms with van der Waals surface area (Å²) in [6.07, 6.45) is 3.26. The third-order valence-corrected chi connectivity index (χ3v) is 2.34. The van der Waals surface area contributed by atoms with Gasteiger partial charge in [0.05, 0.1) is 11.4 Å². The quantitative estimate of drug-likeness (QED) is 0.639. The second kappa shape index (κ2) is 6.72. The highest BCUT2D eigenvalue weighted by molar-refractivity contribution is 6.19. The normalized spacial score (nSPS) is 9.58. The van der Waals surface area contributed by atoms with Crippen molar-refractivity contribution in [2.24, 2.45) is 0 Å². The van der Waals surface area contributed by atoms with E-state index in [1.165, 1.54) is 18.2 Å². The van der Waals surface area contributed by atoms with Gasteiger partial charge in [-0.05, 0) is 24.3 Å². The van der Waals surface area contributed by atoms with Gasteiger partial charge in [0.1, 0.15) is 18.2 Å². The van der Waals surface area contributed by atoms with Crippen molar-refractivity contribution in [2.75, 3.05) is 5.88 Å². The van der Waals surface area contributed by atoms with Crippen LogP contribution in [0.3, 0.4) is 0 Å². The zero-order valence-electron chi connectivity index (χ0n) is 9.94. The molecule has 0 aliphatic carbocycles. The first kappa shape index (κ1) is 13.3. The van der Waals surface area contributed by atoms with Crippen LogP contribution in [0.1, 0.15) is 11.4 Å². The molecule has 0 atom stereocenters. The predicted octanol–water partition coefficient (Wildman–Crippen LogP) is 2.79. The molecule has 1 aromatic heterocycles. The van der Waals surface area contributed by atoms with Crippen LogP contribution in [0.15, 0.2) is 36.7 Å². The highest BCUT2D eigenvalue weighted by atomic mass is 35.5. The minimum absolute atomic E-state index is 0.178. The summed E-state index contributed by atoms with van der Waals surface area (Å²) in [5.41, 5.74) is 0.455. The lowest BCUT2D eigenvalue weighted by Crippen LogP contribution is -2.01. The Kier molecular flexibility index (Phi) is 4.71. The molecule has 0 unspecified atom stereocenters. The largest absolute Gasteiger partial charge is 0.484 e. The number of halogens is 2. The van der Waals surface area contributed by atoms with Gasteiger partial charge in [-0.2, -0.15) is 0 Å². The molecule has 1 heterocycles. The van der Waals surface area contributed by atoms with Crippen molar-refractivity contribution < 1.29 is 9.13 Å². The molecule has 19 heavy (non-hydrogen) atoms. The standard InChI is InChI=1S/C14H10ClFN2O/c15-6-1-3-11-9-12(16)4-5-13(11)19-10-14-17-7-2-8-18-14/h2,4-5,7-9H,6,10H2. The molecule has 0 bridgehead atoms. The van der Waals surface area contributed by atoms with E-state index in [1.54, 1.807) is 18.5 Å². The number of aromatic nitrogens is 2. The minimum Gasteiger partial charge on any atom is -0.484 e. The zero-order valence-corrected chi connectivity index (χ0v) is 10.7. The van der Waals surface area contributed by atoms with Gasteiger partial charge < -0.3 is 4.74 Å². The summed E-state index contributed by atoms with van der Waals surface area (Å²) in [5, 5.41) is 0. The number of ether oxygens (including phenoxy) is 1. The van der Waals surface area contributed by atoms with Gasteiger partial charge in [0, 0.05) is 12.4 Å².